The van der Waals surface area contributed by atoms with Gasteiger partial charge in [0.05, 0.1) is 5.56 Å². The fraction of sp³-hybridized carbons (Fsp3) is 0.364. The summed E-state index contributed by atoms with van der Waals surface area (Å²) in [5.74, 6) is -1.22. The van der Waals surface area contributed by atoms with E-state index in [1.807, 2.05) is 6.92 Å². The molecule has 4 heteroatoms. The number of hydrogen-bond acceptors (Lipinski definition) is 2. The van der Waals surface area contributed by atoms with E-state index in [2.05, 4.69) is 5.16 Å². The maximum Gasteiger partial charge on any atom is 0.147 e. The van der Waals surface area contributed by atoms with E-state index in [0.29, 0.717) is 0 Å². The lowest BCUT2D eigenvalue weighted by Crippen LogP contribution is -1.96. The number of oxime groups is 1. The minimum absolute atomic E-state index is 0.0915. The van der Waals surface area contributed by atoms with Gasteiger partial charge in [-0.2, -0.15) is 0 Å². The first-order valence-corrected chi connectivity index (χ1v) is 4.82. The first-order valence-electron chi connectivity index (χ1n) is 4.82. The van der Waals surface area contributed by atoms with E-state index < -0.39 is 11.6 Å². The molecule has 0 aliphatic heterocycles. The molecule has 0 atom stereocenters. The quantitative estimate of drug-likeness (QED) is 0.543. The zero-order valence-corrected chi connectivity index (χ0v) is 8.54. The van der Waals surface area contributed by atoms with Crippen LogP contribution in [-0.2, 0) is 11.4 Å². The van der Waals surface area contributed by atoms with Crippen molar-refractivity contribution in [3.05, 3.63) is 35.4 Å². The summed E-state index contributed by atoms with van der Waals surface area (Å²) in [4.78, 5) is 4.77. The molecule has 82 valence electrons. The van der Waals surface area contributed by atoms with Crippen molar-refractivity contribution >= 4 is 6.21 Å². The van der Waals surface area contributed by atoms with Crippen molar-refractivity contribution in [2.75, 3.05) is 0 Å². The van der Waals surface area contributed by atoms with Crippen molar-refractivity contribution in [2.24, 2.45) is 5.16 Å². The van der Waals surface area contributed by atoms with Crippen LogP contribution in [0.2, 0.25) is 0 Å². The molecule has 0 aliphatic rings. The minimum Gasteiger partial charge on any atom is -0.391 e. The summed E-state index contributed by atoms with van der Waals surface area (Å²) in [6.07, 6.45) is 3.33. The third kappa shape index (κ3) is 3.65. The topological polar surface area (TPSA) is 21.6 Å². The van der Waals surface area contributed by atoms with Gasteiger partial charge in [-0.1, -0.05) is 24.6 Å². The normalized spacial score (nSPS) is 10.9. The summed E-state index contributed by atoms with van der Waals surface area (Å²) in [6, 6.07) is 3.70. The van der Waals surface area contributed by atoms with Crippen molar-refractivity contribution < 1.29 is 13.6 Å². The maximum atomic E-state index is 13.1. The summed E-state index contributed by atoms with van der Waals surface area (Å²) >= 11 is 0. The van der Waals surface area contributed by atoms with Gasteiger partial charge < -0.3 is 4.84 Å². The number of halogens is 2. The fourth-order valence-electron chi connectivity index (χ4n) is 1.01. The van der Waals surface area contributed by atoms with Gasteiger partial charge in [0.25, 0.3) is 0 Å². The highest BCUT2D eigenvalue weighted by atomic mass is 19.1. The molecule has 1 aromatic rings. The van der Waals surface area contributed by atoms with Crippen LogP contribution in [0.15, 0.2) is 23.4 Å². The van der Waals surface area contributed by atoms with Crippen LogP contribution in [-0.4, -0.2) is 6.21 Å². The van der Waals surface area contributed by atoms with Crippen LogP contribution in [0.3, 0.4) is 0 Å². The summed E-state index contributed by atoms with van der Waals surface area (Å²) in [5.41, 5.74) is -0.0915. The molecule has 0 saturated carbocycles. The molecule has 0 saturated heterocycles. The van der Waals surface area contributed by atoms with Gasteiger partial charge in [-0.3, -0.25) is 0 Å². The molecule has 1 aromatic carbocycles. The summed E-state index contributed by atoms with van der Waals surface area (Å²) < 4.78 is 26.1. The lowest BCUT2D eigenvalue weighted by Gasteiger charge is -2.02. The first kappa shape index (κ1) is 11.6. The molecule has 2 nitrogen and oxygen atoms in total. The van der Waals surface area contributed by atoms with E-state index in [0.717, 1.165) is 12.8 Å². The van der Waals surface area contributed by atoms with E-state index in [-0.39, 0.29) is 12.2 Å². The average Bonchev–Trinajstić information content (AvgIpc) is 2.21. The molecule has 0 amide bonds. The molecule has 0 aromatic heterocycles. The molecule has 0 unspecified atom stereocenters. The Kier molecular flexibility index (Phi) is 4.74. The van der Waals surface area contributed by atoms with E-state index in [1.165, 1.54) is 18.2 Å². The van der Waals surface area contributed by atoms with Crippen LogP contribution in [0, 0.1) is 11.6 Å². The number of nitrogens with zero attached hydrogens (tertiary/aromatic N) is 1. The van der Waals surface area contributed by atoms with E-state index >= 15 is 0 Å². The van der Waals surface area contributed by atoms with E-state index in [1.54, 1.807) is 6.21 Å². The third-order valence-electron chi connectivity index (χ3n) is 1.84. The lowest BCUT2D eigenvalue weighted by molar-refractivity contribution is 0.126. The second kappa shape index (κ2) is 6.11. The zero-order valence-electron chi connectivity index (χ0n) is 8.54. The minimum atomic E-state index is -0.610. The van der Waals surface area contributed by atoms with Crippen molar-refractivity contribution in [1.82, 2.24) is 0 Å². The van der Waals surface area contributed by atoms with Crippen molar-refractivity contribution in [2.45, 2.75) is 26.4 Å². The standard InChI is InChI=1S/C11H13F2NO/c1-2-3-7-14-15-8-9-10(12)5-4-6-11(9)13/h4-7H,2-3,8H2,1H3. The van der Waals surface area contributed by atoms with Gasteiger partial charge in [-0.15, -0.1) is 0 Å². The number of rotatable bonds is 5. The lowest BCUT2D eigenvalue weighted by atomic mass is 10.2. The Bertz CT molecular complexity index is 319. The monoisotopic (exact) mass is 213 g/mol. The Morgan fingerprint density at radius 2 is 2.00 bits per heavy atom. The molecule has 0 spiro atoms. The SMILES string of the molecule is CCCC=NOCc1c(F)cccc1F. The van der Waals surface area contributed by atoms with E-state index in [4.69, 9.17) is 4.84 Å². The molecule has 15 heavy (non-hydrogen) atoms. The van der Waals surface area contributed by atoms with Crippen molar-refractivity contribution in [3.63, 3.8) is 0 Å². The zero-order chi connectivity index (χ0) is 11.1. The van der Waals surface area contributed by atoms with Gasteiger partial charge in [0, 0.05) is 6.21 Å². The smallest absolute Gasteiger partial charge is 0.147 e. The maximum absolute atomic E-state index is 13.1. The second-order valence-corrected chi connectivity index (χ2v) is 3.05. The van der Waals surface area contributed by atoms with Gasteiger partial charge in [0.1, 0.15) is 18.2 Å². The Labute approximate surface area is 87.6 Å². The molecule has 0 aliphatic carbocycles. The van der Waals surface area contributed by atoms with Gasteiger partial charge in [0.15, 0.2) is 0 Å². The molecule has 0 radical (unpaired) electrons. The predicted octanol–water partition coefficient (Wildman–Crippen LogP) is 3.27. The molecule has 0 fully saturated rings. The van der Waals surface area contributed by atoms with Crippen LogP contribution in [0.1, 0.15) is 25.3 Å². The second-order valence-electron chi connectivity index (χ2n) is 3.05. The highest BCUT2D eigenvalue weighted by Crippen LogP contribution is 2.12. The first-order chi connectivity index (χ1) is 7.25. The number of hydrogen-bond donors (Lipinski definition) is 0. The Morgan fingerprint density at radius 1 is 1.33 bits per heavy atom. The molecule has 0 heterocycles. The summed E-state index contributed by atoms with van der Waals surface area (Å²) in [5, 5.41) is 3.58. The Balaban J connectivity index is 2.50. The third-order valence-corrected chi connectivity index (χ3v) is 1.84. The summed E-state index contributed by atoms with van der Waals surface area (Å²) in [6.45, 7) is 1.82. The van der Waals surface area contributed by atoms with Crippen LogP contribution >= 0.6 is 0 Å². The average molecular weight is 213 g/mol. The molecular formula is C11H13F2NO. The Morgan fingerprint density at radius 3 is 2.60 bits per heavy atom. The fourth-order valence-corrected chi connectivity index (χ4v) is 1.01. The number of benzene rings is 1. The van der Waals surface area contributed by atoms with Gasteiger partial charge in [-0.25, -0.2) is 8.78 Å². The molecule has 0 N–H and O–H groups in total. The molecular weight excluding hydrogens is 200 g/mol. The predicted molar refractivity (Wildman–Crippen MR) is 54.5 cm³/mol. The van der Waals surface area contributed by atoms with Crippen LogP contribution in [0.5, 0.6) is 0 Å². The van der Waals surface area contributed by atoms with E-state index in [9.17, 15) is 8.78 Å². The van der Waals surface area contributed by atoms with Crippen LogP contribution in [0.4, 0.5) is 8.78 Å². The molecule has 0 bridgehead atoms. The Hall–Kier alpha value is -1.45. The van der Waals surface area contributed by atoms with Crippen molar-refractivity contribution in [3.8, 4) is 0 Å². The largest absolute Gasteiger partial charge is 0.391 e. The van der Waals surface area contributed by atoms with Crippen molar-refractivity contribution in [1.29, 1.82) is 0 Å². The van der Waals surface area contributed by atoms with Gasteiger partial charge in [-0.05, 0) is 18.6 Å². The van der Waals surface area contributed by atoms with Crippen LogP contribution in [0.25, 0.3) is 0 Å². The highest BCUT2D eigenvalue weighted by molar-refractivity contribution is 5.55. The summed E-state index contributed by atoms with van der Waals surface area (Å²) in [7, 11) is 0. The number of unbranched alkanes of at least 4 members (excludes halogenated alkanes) is 1. The van der Waals surface area contributed by atoms with Crippen LogP contribution < -0.4 is 0 Å². The van der Waals surface area contributed by atoms with Gasteiger partial charge in [0.2, 0.25) is 0 Å². The highest BCUT2D eigenvalue weighted by Gasteiger charge is 2.07. The van der Waals surface area contributed by atoms with Gasteiger partial charge >= 0.3 is 0 Å². The molecule has 1 rings (SSSR count).